The molecule has 0 radical (unpaired) electrons. The largest absolute Gasteiger partial charge is 0.348 e. The molecule has 21 heavy (non-hydrogen) atoms. The summed E-state index contributed by atoms with van der Waals surface area (Å²) in [6.07, 6.45) is 5.00. The van der Waals surface area contributed by atoms with Gasteiger partial charge < -0.3 is 11.1 Å². The first-order valence-electron chi connectivity index (χ1n) is 6.51. The average molecular weight is 283 g/mol. The predicted octanol–water partition coefficient (Wildman–Crippen LogP) is 0.364. The van der Waals surface area contributed by atoms with Crippen LogP contribution in [0.4, 0.5) is 0 Å². The summed E-state index contributed by atoms with van der Waals surface area (Å²) in [6, 6.07) is 1.70. The van der Waals surface area contributed by atoms with E-state index < -0.39 is 0 Å². The summed E-state index contributed by atoms with van der Waals surface area (Å²) in [5.41, 5.74) is 8.35. The van der Waals surface area contributed by atoms with Crippen molar-refractivity contribution in [2.45, 2.75) is 13.5 Å². The zero-order valence-electron chi connectivity index (χ0n) is 12.1. The highest BCUT2D eigenvalue weighted by molar-refractivity contribution is 5.94. The molecule has 0 saturated heterocycles. The molecule has 108 valence electrons. The van der Waals surface area contributed by atoms with E-state index in [2.05, 4.69) is 27.2 Å². The zero-order chi connectivity index (χ0) is 15.2. The van der Waals surface area contributed by atoms with Gasteiger partial charge in [-0.05, 0) is 13.0 Å². The molecule has 0 atom stereocenters. The van der Waals surface area contributed by atoms with Crippen LogP contribution in [0.3, 0.4) is 0 Å². The second-order valence-corrected chi connectivity index (χ2v) is 4.56. The Morgan fingerprint density at radius 1 is 1.48 bits per heavy atom. The number of pyridine rings is 1. The Hall–Kier alpha value is -2.65. The summed E-state index contributed by atoms with van der Waals surface area (Å²) in [5.74, 6) is 5.40. The highest BCUT2D eigenvalue weighted by Crippen LogP contribution is 2.06. The van der Waals surface area contributed by atoms with Gasteiger partial charge in [-0.15, -0.1) is 0 Å². The maximum absolute atomic E-state index is 12.1. The summed E-state index contributed by atoms with van der Waals surface area (Å²) >= 11 is 0. The number of aromatic nitrogens is 3. The molecule has 0 aliphatic carbocycles. The van der Waals surface area contributed by atoms with Gasteiger partial charge in [-0.25, -0.2) is 0 Å². The Balaban J connectivity index is 2.05. The van der Waals surface area contributed by atoms with Crippen LogP contribution in [0, 0.1) is 18.8 Å². The molecule has 0 aliphatic rings. The van der Waals surface area contributed by atoms with Gasteiger partial charge in [0, 0.05) is 43.3 Å². The van der Waals surface area contributed by atoms with Crippen LogP contribution in [0.25, 0.3) is 0 Å². The summed E-state index contributed by atoms with van der Waals surface area (Å²) < 4.78 is 1.72. The third kappa shape index (κ3) is 3.91. The second-order valence-electron chi connectivity index (χ2n) is 4.56. The van der Waals surface area contributed by atoms with Crippen molar-refractivity contribution < 1.29 is 4.79 Å². The van der Waals surface area contributed by atoms with Gasteiger partial charge in [0.15, 0.2) is 0 Å². The van der Waals surface area contributed by atoms with Crippen LogP contribution in [0.1, 0.15) is 27.2 Å². The fourth-order valence-electron chi connectivity index (χ4n) is 1.89. The Bertz CT molecular complexity index is 708. The molecule has 0 bridgehead atoms. The molecule has 0 fully saturated rings. The first-order chi connectivity index (χ1) is 10.1. The van der Waals surface area contributed by atoms with Crippen LogP contribution >= 0.6 is 0 Å². The molecular formula is C15H17N5O. The Labute approximate surface area is 123 Å². The van der Waals surface area contributed by atoms with E-state index in [1.807, 2.05) is 20.2 Å². The van der Waals surface area contributed by atoms with E-state index in [9.17, 15) is 4.79 Å². The molecule has 3 N–H and O–H groups in total. The van der Waals surface area contributed by atoms with Gasteiger partial charge in [-0.2, -0.15) is 5.10 Å². The first kappa shape index (κ1) is 14.8. The number of nitrogens with one attached hydrogen (secondary N) is 1. The quantitative estimate of drug-likeness (QED) is 0.797. The van der Waals surface area contributed by atoms with Crippen molar-refractivity contribution in [1.82, 2.24) is 20.1 Å². The Kier molecular flexibility index (Phi) is 4.69. The summed E-state index contributed by atoms with van der Waals surface area (Å²) in [6.45, 7) is 2.61. The molecule has 6 heteroatoms. The van der Waals surface area contributed by atoms with E-state index in [4.69, 9.17) is 5.73 Å². The Morgan fingerprint density at radius 3 is 2.95 bits per heavy atom. The molecule has 2 rings (SSSR count). The van der Waals surface area contributed by atoms with Crippen molar-refractivity contribution >= 4 is 5.91 Å². The van der Waals surface area contributed by atoms with Gasteiger partial charge in [-0.1, -0.05) is 11.8 Å². The molecule has 0 aromatic carbocycles. The third-order valence-electron chi connectivity index (χ3n) is 2.89. The van der Waals surface area contributed by atoms with E-state index in [0.717, 1.165) is 11.3 Å². The van der Waals surface area contributed by atoms with E-state index >= 15 is 0 Å². The number of carbonyl (C=O) groups excluding carboxylic acids is 1. The molecule has 2 aromatic rings. The van der Waals surface area contributed by atoms with Gasteiger partial charge in [0.2, 0.25) is 0 Å². The van der Waals surface area contributed by atoms with E-state index in [1.165, 1.54) is 6.20 Å². The van der Waals surface area contributed by atoms with Gasteiger partial charge in [0.1, 0.15) is 0 Å². The van der Waals surface area contributed by atoms with Gasteiger partial charge in [0.25, 0.3) is 5.91 Å². The number of rotatable bonds is 3. The fourth-order valence-corrected chi connectivity index (χ4v) is 1.89. The van der Waals surface area contributed by atoms with Gasteiger partial charge in [-0.3, -0.25) is 14.5 Å². The van der Waals surface area contributed by atoms with Crippen molar-refractivity contribution in [3.05, 3.63) is 47.0 Å². The van der Waals surface area contributed by atoms with Crippen molar-refractivity contribution in [2.24, 2.45) is 12.8 Å². The lowest BCUT2D eigenvalue weighted by Crippen LogP contribution is -2.23. The molecule has 0 unspecified atom stereocenters. The lowest BCUT2D eigenvalue weighted by Gasteiger charge is -2.04. The minimum Gasteiger partial charge on any atom is -0.348 e. The van der Waals surface area contributed by atoms with Crippen molar-refractivity contribution in [3.8, 4) is 11.8 Å². The van der Waals surface area contributed by atoms with E-state index in [0.29, 0.717) is 17.7 Å². The van der Waals surface area contributed by atoms with Crippen LogP contribution in [0.15, 0.2) is 24.7 Å². The maximum atomic E-state index is 12.1. The standard InChI is InChI=1S/C15H17N5O/c1-11-14(10-20(2)19-11)9-18-15(21)13-6-12(4-3-5-16)7-17-8-13/h6-8,10H,5,9,16H2,1-2H3,(H,18,21). The molecule has 1 amide bonds. The number of aryl methyl sites for hydroxylation is 2. The highest BCUT2D eigenvalue weighted by Gasteiger charge is 2.08. The van der Waals surface area contributed by atoms with E-state index in [-0.39, 0.29) is 12.5 Å². The fraction of sp³-hybridized carbons (Fsp3) is 0.267. The number of hydrogen-bond acceptors (Lipinski definition) is 4. The number of amides is 1. The van der Waals surface area contributed by atoms with Crippen molar-refractivity contribution in [2.75, 3.05) is 6.54 Å². The van der Waals surface area contributed by atoms with Crippen LogP contribution in [0.5, 0.6) is 0 Å². The van der Waals surface area contributed by atoms with Crippen LogP contribution in [-0.4, -0.2) is 27.2 Å². The molecular weight excluding hydrogens is 266 g/mol. The monoisotopic (exact) mass is 283 g/mol. The number of hydrogen-bond donors (Lipinski definition) is 2. The number of carbonyl (C=O) groups is 1. The van der Waals surface area contributed by atoms with Crippen LogP contribution < -0.4 is 11.1 Å². The second kappa shape index (κ2) is 6.68. The lowest BCUT2D eigenvalue weighted by atomic mass is 10.2. The molecule has 2 aromatic heterocycles. The van der Waals surface area contributed by atoms with Crippen molar-refractivity contribution in [1.29, 1.82) is 0 Å². The van der Waals surface area contributed by atoms with Gasteiger partial charge >= 0.3 is 0 Å². The minimum atomic E-state index is -0.192. The molecule has 6 nitrogen and oxygen atoms in total. The third-order valence-corrected chi connectivity index (χ3v) is 2.89. The smallest absolute Gasteiger partial charge is 0.253 e. The number of nitrogens with zero attached hydrogens (tertiary/aromatic N) is 3. The average Bonchev–Trinajstić information content (AvgIpc) is 2.81. The Morgan fingerprint density at radius 2 is 2.29 bits per heavy atom. The molecule has 0 spiro atoms. The number of nitrogens with two attached hydrogens (primary N) is 1. The normalized spacial score (nSPS) is 9.86. The van der Waals surface area contributed by atoms with Crippen molar-refractivity contribution in [3.63, 3.8) is 0 Å². The molecule has 0 saturated carbocycles. The lowest BCUT2D eigenvalue weighted by molar-refractivity contribution is 0.0950. The SMILES string of the molecule is Cc1nn(C)cc1CNC(=O)c1cncc(C#CCN)c1. The highest BCUT2D eigenvalue weighted by atomic mass is 16.1. The molecule has 0 aliphatic heterocycles. The van der Waals surface area contributed by atoms with E-state index in [1.54, 1.807) is 16.9 Å². The topological polar surface area (TPSA) is 85.8 Å². The maximum Gasteiger partial charge on any atom is 0.253 e. The first-order valence-corrected chi connectivity index (χ1v) is 6.51. The summed E-state index contributed by atoms with van der Waals surface area (Å²) in [5, 5.41) is 7.08. The molecule has 2 heterocycles. The van der Waals surface area contributed by atoms with Crippen LogP contribution in [0.2, 0.25) is 0 Å². The van der Waals surface area contributed by atoms with Gasteiger partial charge in [0.05, 0.1) is 17.8 Å². The van der Waals surface area contributed by atoms with Crippen LogP contribution in [-0.2, 0) is 13.6 Å². The summed E-state index contributed by atoms with van der Waals surface area (Å²) in [4.78, 5) is 16.1. The minimum absolute atomic E-state index is 0.192. The predicted molar refractivity (Wildman–Crippen MR) is 79.3 cm³/mol. The zero-order valence-corrected chi connectivity index (χ0v) is 12.1. The summed E-state index contributed by atoms with van der Waals surface area (Å²) in [7, 11) is 1.85.